The van der Waals surface area contributed by atoms with E-state index in [4.69, 9.17) is 14.2 Å². The molecule has 0 aromatic heterocycles. The van der Waals surface area contributed by atoms with Crippen LogP contribution in [0.4, 0.5) is 0 Å². The Morgan fingerprint density at radius 3 is 2.62 bits per heavy atom. The van der Waals surface area contributed by atoms with Crippen LogP contribution >= 0.6 is 0 Å². The second kappa shape index (κ2) is 3.42. The molecule has 1 saturated carbocycles. The first-order chi connectivity index (χ1) is 7.30. The van der Waals surface area contributed by atoms with Crippen LogP contribution in [0.3, 0.4) is 0 Å². The summed E-state index contributed by atoms with van der Waals surface area (Å²) >= 11 is 0. The van der Waals surface area contributed by atoms with E-state index in [1.807, 2.05) is 0 Å². The third kappa shape index (κ3) is 1.54. The Balaban J connectivity index is 2.29. The third-order valence-electron chi connectivity index (χ3n) is 3.45. The maximum absolute atomic E-state index is 11.6. The van der Waals surface area contributed by atoms with E-state index in [-0.39, 0.29) is 5.97 Å². The van der Waals surface area contributed by atoms with E-state index in [1.54, 1.807) is 20.8 Å². The number of aliphatic hydroxyl groups is 1. The van der Waals surface area contributed by atoms with Gasteiger partial charge in [-0.05, 0) is 27.2 Å². The average Bonchev–Trinajstić information content (AvgIpc) is 2.55. The largest absolute Gasteiger partial charge is 0.469 e. The molecule has 1 heterocycles. The van der Waals surface area contributed by atoms with E-state index in [0.29, 0.717) is 6.42 Å². The number of esters is 1. The predicted molar refractivity (Wildman–Crippen MR) is 54.6 cm³/mol. The van der Waals surface area contributed by atoms with Gasteiger partial charge in [0.25, 0.3) is 0 Å². The van der Waals surface area contributed by atoms with Gasteiger partial charge < -0.3 is 19.3 Å². The Labute approximate surface area is 94.7 Å². The molecule has 0 aromatic carbocycles. The highest BCUT2D eigenvalue weighted by Gasteiger charge is 2.64. The SMILES string of the molecule is COC(=O)[C@H]1C[C@@H](O)[C@@H]2OC(C)(C)O[C@]12C. The Hall–Kier alpha value is -0.650. The van der Waals surface area contributed by atoms with Crippen molar-refractivity contribution in [3.05, 3.63) is 0 Å². The second-order valence-electron chi connectivity index (χ2n) is 5.10. The van der Waals surface area contributed by atoms with Gasteiger partial charge in [-0.1, -0.05) is 0 Å². The van der Waals surface area contributed by atoms with Crippen LogP contribution in [-0.4, -0.2) is 41.8 Å². The van der Waals surface area contributed by atoms with Gasteiger partial charge >= 0.3 is 5.97 Å². The van der Waals surface area contributed by atoms with Gasteiger partial charge in [0, 0.05) is 0 Å². The van der Waals surface area contributed by atoms with E-state index in [1.165, 1.54) is 7.11 Å². The number of ether oxygens (including phenoxy) is 3. The van der Waals surface area contributed by atoms with Gasteiger partial charge in [0.1, 0.15) is 11.7 Å². The fraction of sp³-hybridized carbons (Fsp3) is 0.909. The summed E-state index contributed by atoms with van der Waals surface area (Å²) in [5.74, 6) is -1.60. The van der Waals surface area contributed by atoms with Crippen molar-refractivity contribution < 1.29 is 24.1 Å². The third-order valence-corrected chi connectivity index (χ3v) is 3.45. The fourth-order valence-electron chi connectivity index (χ4n) is 2.84. The zero-order valence-corrected chi connectivity index (χ0v) is 10.0. The normalized spacial score (nSPS) is 45.4. The van der Waals surface area contributed by atoms with Gasteiger partial charge in [-0.25, -0.2) is 0 Å². The van der Waals surface area contributed by atoms with Crippen LogP contribution in [0.25, 0.3) is 0 Å². The van der Waals surface area contributed by atoms with Crippen molar-refractivity contribution in [2.24, 2.45) is 5.92 Å². The topological polar surface area (TPSA) is 65.0 Å². The van der Waals surface area contributed by atoms with Crippen molar-refractivity contribution in [2.75, 3.05) is 7.11 Å². The molecule has 0 spiro atoms. The summed E-state index contributed by atoms with van der Waals surface area (Å²) in [6.45, 7) is 5.35. The lowest BCUT2D eigenvalue weighted by Crippen LogP contribution is -2.43. The van der Waals surface area contributed by atoms with Crippen LogP contribution < -0.4 is 0 Å². The predicted octanol–water partition coefficient (Wildman–Crippen LogP) is 0.450. The number of fused-ring (bicyclic) bond motifs is 1. The molecule has 92 valence electrons. The van der Waals surface area contributed by atoms with E-state index < -0.39 is 29.5 Å². The molecule has 1 N–H and O–H groups in total. The van der Waals surface area contributed by atoms with Crippen molar-refractivity contribution >= 4 is 5.97 Å². The summed E-state index contributed by atoms with van der Waals surface area (Å²) in [6.07, 6.45) is -0.827. The minimum Gasteiger partial charge on any atom is -0.469 e. The molecule has 0 radical (unpaired) electrons. The smallest absolute Gasteiger partial charge is 0.311 e. The molecule has 0 amide bonds. The number of hydrogen-bond acceptors (Lipinski definition) is 5. The lowest BCUT2D eigenvalue weighted by Gasteiger charge is -2.28. The van der Waals surface area contributed by atoms with Crippen LogP contribution in [0, 0.1) is 5.92 Å². The number of carbonyl (C=O) groups excluding carboxylic acids is 1. The van der Waals surface area contributed by atoms with Crippen LogP contribution in [0.1, 0.15) is 27.2 Å². The van der Waals surface area contributed by atoms with E-state index in [9.17, 15) is 9.90 Å². The van der Waals surface area contributed by atoms with Gasteiger partial charge in [0.2, 0.25) is 0 Å². The average molecular weight is 230 g/mol. The first-order valence-corrected chi connectivity index (χ1v) is 5.44. The molecule has 2 aliphatic rings. The summed E-state index contributed by atoms with van der Waals surface area (Å²) in [5.41, 5.74) is -0.796. The Morgan fingerprint density at radius 2 is 2.06 bits per heavy atom. The van der Waals surface area contributed by atoms with E-state index >= 15 is 0 Å². The summed E-state index contributed by atoms with van der Waals surface area (Å²) in [7, 11) is 1.34. The number of carbonyl (C=O) groups is 1. The highest BCUT2D eigenvalue weighted by molar-refractivity contribution is 5.74. The zero-order chi connectivity index (χ0) is 12.1. The number of aliphatic hydroxyl groups excluding tert-OH is 1. The summed E-state index contributed by atoms with van der Waals surface area (Å²) in [5, 5.41) is 9.90. The minimum absolute atomic E-state index is 0.323. The van der Waals surface area contributed by atoms with Crippen LogP contribution in [0.2, 0.25) is 0 Å². The number of methoxy groups -OCH3 is 1. The molecule has 0 bridgehead atoms. The molecule has 1 aliphatic carbocycles. The van der Waals surface area contributed by atoms with Gasteiger partial charge in [-0.3, -0.25) is 4.79 Å². The molecule has 0 aromatic rings. The molecule has 1 saturated heterocycles. The Kier molecular flexibility index (Phi) is 2.53. The maximum Gasteiger partial charge on any atom is 0.311 e. The highest BCUT2D eigenvalue weighted by Crippen LogP contribution is 2.49. The molecule has 0 unspecified atom stereocenters. The molecular formula is C11H18O5. The quantitative estimate of drug-likeness (QED) is 0.662. The monoisotopic (exact) mass is 230 g/mol. The molecule has 4 atom stereocenters. The minimum atomic E-state index is -0.796. The van der Waals surface area contributed by atoms with Crippen LogP contribution in [0.5, 0.6) is 0 Å². The van der Waals surface area contributed by atoms with E-state index in [0.717, 1.165) is 0 Å². The van der Waals surface area contributed by atoms with Crippen molar-refractivity contribution in [3.8, 4) is 0 Å². The molecule has 5 heteroatoms. The number of rotatable bonds is 1. The van der Waals surface area contributed by atoms with Crippen molar-refractivity contribution in [3.63, 3.8) is 0 Å². The summed E-state index contributed by atoms with van der Waals surface area (Å²) in [6, 6.07) is 0. The molecule has 2 rings (SSSR count). The molecular weight excluding hydrogens is 212 g/mol. The van der Waals surface area contributed by atoms with E-state index in [2.05, 4.69) is 0 Å². The molecule has 16 heavy (non-hydrogen) atoms. The highest BCUT2D eigenvalue weighted by atomic mass is 16.8. The van der Waals surface area contributed by atoms with Crippen molar-refractivity contribution in [2.45, 2.75) is 50.8 Å². The van der Waals surface area contributed by atoms with Gasteiger partial charge in [0.05, 0.1) is 19.1 Å². The Morgan fingerprint density at radius 1 is 1.44 bits per heavy atom. The first kappa shape index (κ1) is 11.8. The molecule has 2 fully saturated rings. The standard InChI is InChI=1S/C11H18O5/c1-10(2)15-8-7(12)5-6(9(13)14-4)11(8,3)16-10/h6-8,12H,5H2,1-4H3/t6-,7-,8+,11-/m1/s1. The number of hydrogen-bond donors (Lipinski definition) is 1. The fourth-order valence-corrected chi connectivity index (χ4v) is 2.84. The second-order valence-corrected chi connectivity index (χ2v) is 5.10. The Bertz CT molecular complexity index is 313. The zero-order valence-electron chi connectivity index (χ0n) is 10.0. The maximum atomic E-state index is 11.6. The van der Waals surface area contributed by atoms with Crippen molar-refractivity contribution in [1.82, 2.24) is 0 Å². The lowest BCUT2D eigenvalue weighted by molar-refractivity contribution is -0.187. The lowest BCUT2D eigenvalue weighted by atomic mass is 9.91. The summed E-state index contributed by atoms with van der Waals surface area (Å²) < 4.78 is 16.2. The van der Waals surface area contributed by atoms with Gasteiger partial charge in [-0.15, -0.1) is 0 Å². The van der Waals surface area contributed by atoms with Crippen LogP contribution in [0.15, 0.2) is 0 Å². The molecule has 1 aliphatic heterocycles. The van der Waals surface area contributed by atoms with Gasteiger partial charge in [-0.2, -0.15) is 0 Å². The first-order valence-electron chi connectivity index (χ1n) is 5.44. The van der Waals surface area contributed by atoms with Crippen LogP contribution in [-0.2, 0) is 19.0 Å². The summed E-state index contributed by atoms with van der Waals surface area (Å²) in [4.78, 5) is 11.6. The molecule has 5 nitrogen and oxygen atoms in total. The van der Waals surface area contributed by atoms with Gasteiger partial charge in [0.15, 0.2) is 5.79 Å². The van der Waals surface area contributed by atoms with Crippen molar-refractivity contribution in [1.29, 1.82) is 0 Å².